The number of guanidine groups is 1. The van der Waals surface area contributed by atoms with Crippen LogP contribution in [0.3, 0.4) is 0 Å². The van der Waals surface area contributed by atoms with E-state index in [2.05, 4.69) is 47.8 Å². The molecule has 0 spiro atoms. The number of morpholine rings is 1. The van der Waals surface area contributed by atoms with Crippen molar-refractivity contribution in [3.8, 4) is 11.4 Å². The zero-order chi connectivity index (χ0) is 22.2. The summed E-state index contributed by atoms with van der Waals surface area (Å²) in [5, 5.41) is 13.6. The quantitative estimate of drug-likeness (QED) is 0.232. The number of nitrogens with zero attached hydrogens (tertiary/aromatic N) is 4. The lowest BCUT2D eigenvalue weighted by Crippen LogP contribution is -2.46. The molecule has 4 rings (SSSR count). The van der Waals surface area contributed by atoms with Crippen LogP contribution in [0.25, 0.3) is 11.4 Å². The number of rotatable bonds is 7. The van der Waals surface area contributed by atoms with Crippen LogP contribution in [-0.2, 0) is 11.3 Å². The third-order valence-corrected chi connectivity index (χ3v) is 5.50. The molecule has 3 N–H and O–H groups in total. The smallest absolute Gasteiger partial charge is 0.191 e. The molecule has 3 aromatic rings. The first kappa shape index (κ1) is 25.1. The second-order valence-electron chi connectivity index (χ2n) is 7.56. The molecule has 1 fully saturated rings. The highest BCUT2D eigenvalue weighted by Gasteiger charge is 2.23. The van der Waals surface area contributed by atoms with E-state index in [-0.39, 0.29) is 35.8 Å². The van der Waals surface area contributed by atoms with E-state index < -0.39 is 0 Å². The van der Waals surface area contributed by atoms with Gasteiger partial charge in [-0.1, -0.05) is 30.3 Å². The summed E-state index contributed by atoms with van der Waals surface area (Å²) in [7, 11) is 1.75. The van der Waals surface area contributed by atoms with E-state index in [0.29, 0.717) is 32.3 Å². The Morgan fingerprint density at radius 1 is 1.18 bits per heavy atom. The lowest BCUT2D eigenvalue weighted by atomic mass is 10.0. The van der Waals surface area contributed by atoms with Crippen molar-refractivity contribution in [1.29, 1.82) is 0 Å². The SMILES string of the molecule is CN=C(NCc1cccc(-c2ncn[nH]2)c1)NCC(c1ccc(F)cc1)N1CCOCC1.I. The zero-order valence-electron chi connectivity index (χ0n) is 18.5. The molecule has 8 nitrogen and oxygen atoms in total. The van der Waals surface area contributed by atoms with Crippen LogP contribution in [-0.4, -0.2) is 65.9 Å². The first-order valence-electron chi connectivity index (χ1n) is 10.7. The van der Waals surface area contributed by atoms with Gasteiger partial charge in [0.25, 0.3) is 0 Å². The molecular weight excluding hydrogens is 536 g/mol. The highest BCUT2D eigenvalue weighted by atomic mass is 127. The van der Waals surface area contributed by atoms with Crippen molar-refractivity contribution >= 4 is 29.9 Å². The summed E-state index contributed by atoms with van der Waals surface area (Å²) in [6.07, 6.45) is 1.50. The van der Waals surface area contributed by atoms with Gasteiger partial charge < -0.3 is 15.4 Å². The van der Waals surface area contributed by atoms with Crippen molar-refractivity contribution in [3.63, 3.8) is 0 Å². The second kappa shape index (κ2) is 12.6. The van der Waals surface area contributed by atoms with Gasteiger partial charge in [0.2, 0.25) is 0 Å². The molecule has 176 valence electrons. The minimum absolute atomic E-state index is 0. The van der Waals surface area contributed by atoms with Crippen LogP contribution in [0.5, 0.6) is 0 Å². The zero-order valence-corrected chi connectivity index (χ0v) is 20.8. The number of nitrogens with one attached hydrogen (secondary N) is 3. The van der Waals surface area contributed by atoms with Gasteiger partial charge in [0.1, 0.15) is 12.1 Å². The molecule has 0 amide bonds. The van der Waals surface area contributed by atoms with Crippen LogP contribution < -0.4 is 10.6 Å². The summed E-state index contributed by atoms with van der Waals surface area (Å²) >= 11 is 0. The molecule has 1 saturated heterocycles. The van der Waals surface area contributed by atoms with Gasteiger partial charge in [0.15, 0.2) is 11.8 Å². The third-order valence-electron chi connectivity index (χ3n) is 5.50. The maximum atomic E-state index is 13.5. The number of hydrogen-bond donors (Lipinski definition) is 3. The highest BCUT2D eigenvalue weighted by molar-refractivity contribution is 14.0. The van der Waals surface area contributed by atoms with Crippen LogP contribution in [0.1, 0.15) is 17.2 Å². The maximum Gasteiger partial charge on any atom is 0.191 e. The van der Waals surface area contributed by atoms with Gasteiger partial charge in [-0.3, -0.25) is 15.0 Å². The Morgan fingerprint density at radius 3 is 2.67 bits per heavy atom. The maximum absolute atomic E-state index is 13.5. The standard InChI is InChI=1S/C23H28FN7O.HI/c1-25-23(26-14-17-3-2-4-19(13-17)22-28-16-29-30-22)27-15-21(31-9-11-32-12-10-31)18-5-7-20(24)8-6-18;/h2-8,13,16,21H,9-12,14-15H2,1H3,(H2,25,26,27)(H,28,29,30);1H. The van der Waals surface area contributed by atoms with Gasteiger partial charge in [-0.2, -0.15) is 5.10 Å². The minimum Gasteiger partial charge on any atom is -0.379 e. The first-order valence-corrected chi connectivity index (χ1v) is 10.7. The van der Waals surface area contributed by atoms with Gasteiger partial charge in [-0.25, -0.2) is 9.37 Å². The monoisotopic (exact) mass is 565 g/mol. The Labute approximate surface area is 210 Å². The molecule has 1 unspecified atom stereocenters. The van der Waals surface area contributed by atoms with E-state index in [4.69, 9.17) is 4.74 Å². The van der Waals surface area contributed by atoms with E-state index in [1.165, 1.54) is 18.5 Å². The van der Waals surface area contributed by atoms with E-state index >= 15 is 0 Å². The molecule has 0 radical (unpaired) electrons. The summed E-state index contributed by atoms with van der Waals surface area (Å²) in [6.45, 7) is 4.33. The summed E-state index contributed by atoms with van der Waals surface area (Å²) in [5.74, 6) is 1.21. The van der Waals surface area contributed by atoms with Gasteiger partial charge in [0.05, 0.1) is 19.3 Å². The summed E-state index contributed by atoms with van der Waals surface area (Å²) in [5.41, 5.74) is 3.15. The van der Waals surface area contributed by atoms with Gasteiger partial charge in [-0.15, -0.1) is 24.0 Å². The molecule has 1 atom stereocenters. The van der Waals surface area contributed by atoms with Gasteiger partial charge in [-0.05, 0) is 29.3 Å². The highest BCUT2D eigenvalue weighted by Crippen LogP contribution is 2.22. The van der Waals surface area contributed by atoms with E-state index in [1.54, 1.807) is 7.05 Å². The largest absolute Gasteiger partial charge is 0.379 e. The van der Waals surface area contributed by atoms with Crippen molar-refractivity contribution in [2.75, 3.05) is 39.9 Å². The third kappa shape index (κ3) is 6.95. The van der Waals surface area contributed by atoms with Gasteiger partial charge in [0, 0.05) is 38.8 Å². The second-order valence-corrected chi connectivity index (χ2v) is 7.56. The number of ether oxygens (including phenoxy) is 1. The topological polar surface area (TPSA) is 90.5 Å². The van der Waals surface area contributed by atoms with Crippen LogP contribution in [0.2, 0.25) is 0 Å². The van der Waals surface area contributed by atoms with Crippen LogP contribution in [0, 0.1) is 5.82 Å². The lowest BCUT2D eigenvalue weighted by molar-refractivity contribution is 0.0170. The molecule has 1 aliphatic rings. The average Bonchev–Trinajstić information content (AvgIpc) is 3.38. The minimum atomic E-state index is -0.229. The number of halogens is 2. The number of hydrogen-bond acceptors (Lipinski definition) is 5. The Morgan fingerprint density at radius 2 is 1.97 bits per heavy atom. The number of H-pyrrole nitrogens is 1. The van der Waals surface area contributed by atoms with E-state index in [1.807, 2.05) is 24.3 Å². The molecule has 1 aromatic heterocycles. The van der Waals surface area contributed by atoms with Crippen molar-refractivity contribution < 1.29 is 9.13 Å². The average molecular weight is 565 g/mol. The number of benzene rings is 2. The Balaban J connectivity index is 0.00000306. The van der Waals surface area contributed by atoms with Crippen LogP contribution >= 0.6 is 24.0 Å². The molecule has 2 aromatic carbocycles. The number of aliphatic imine (C=N–C) groups is 1. The van der Waals surface area contributed by atoms with Crippen molar-refractivity contribution in [1.82, 2.24) is 30.7 Å². The van der Waals surface area contributed by atoms with Gasteiger partial charge >= 0.3 is 0 Å². The van der Waals surface area contributed by atoms with E-state index in [9.17, 15) is 4.39 Å². The molecule has 1 aliphatic heterocycles. The Hall–Kier alpha value is -2.57. The lowest BCUT2D eigenvalue weighted by Gasteiger charge is -2.35. The fourth-order valence-electron chi connectivity index (χ4n) is 3.80. The number of aromatic nitrogens is 3. The van der Waals surface area contributed by atoms with E-state index in [0.717, 1.165) is 35.6 Å². The normalized spacial score (nSPS) is 15.5. The van der Waals surface area contributed by atoms with Crippen molar-refractivity contribution in [3.05, 3.63) is 71.8 Å². The first-order chi connectivity index (χ1) is 15.7. The molecule has 33 heavy (non-hydrogen) atoms. The van der Waals surface area contributed by atoms with Crippen LogP contribution in [0.15, 0.2) is 59.9 Å². The molecular formula is C23H29FIN7O. The molecule has 0 aliphatic carbocycles. The molecule has 10 heteroatoms. The predicted octanol–water partition coefficient (Wildman–Crippen LogP) is 2.97. The predicted molar refractivity (Wildman–Crippen MR) is 137 cm³/mol. The van der Waals surface area contributed by atoms with Crippen LogP contribution in [0.4, 0.5) is 4.39 Å². The summed E-state index contributed by atoms with van der Waals surface area (Å²) in [6, 6.07) is 14.9. The molecule has 2 heterocycles. The molecule has 0 bridgehead atoms. The van der Waals surface area contributed by atoms with Crippen molar-refractivity contribution in [2.45, 2.75) is 12.6 Å². The number of aromatic amines is 1. The fourth-order valence-corrected chi connectivity index (χ4v) is 3.80. The Kier molecular flexibility index (Phi) is 9.58. The fraction of sp³-hybridized carbons (Fsp3) is 0.348. The molecule has 0 saturated carbocycles. The van der Waals surface area contributed by atoms with Crippen molar-refractivity contribution in [2.24, 2.45) is 4.99 Å². The Bertz CT molecular complexity index is 1010. The summed E-state index contributed by atoms with van der Waals surface area (Å²) < 4.78 is 19.0. The summed E-state index contributed by atoms with van der Waals surface area (Å²) in [4.78, 5) is 10.9.